The molecule has 0 spiro atoms. The molecule has 102 valence electrons. The fourth-order valence-electron chi connectivity index (χ4n) is 2.64. The molecule has 1 unspecified atom stereocenters. The molecule has 5 heteroatoms. The summed E-state index contributed by atoms with van der Waals surface area (Å²) in [5, 5.41) is 0.687. The van der Waals surface area contributed by atoms with Crippen molar-refractivity contribution in [1.82, 2.24) is 9.55 Å². The van der Waals surface area contributed by atoms with E-state index in [1.54, 1.807) is 0 Å². The van der Waals surface area contributed by atoms with Crippen molar-refractivity contribution in [2.45, 2.75) is 25.3 Å². The first-order valence-electron chi connectivity index (χ1n) is 6.57. The van der Waals surface area contributed by atoms with E-state index in [4.69, 9.17) is 27.9 Å². The number of halogens is 2. The molecule has 1 saturated heterocycles. The summed E-state index contributed by atoms with van der Waals surface area (Å²) in [6, 6.07) is 5.87. The van der Waals surface area contributed by atoms with Gasteiger partial charge in [-0.15, -0.1) is 11.6 Å². The lowest BCUT2D eigenvalue weighted by atomic mass is 10.1. The molecular formula is C14H16Cl2N2O. The number of aromatic nitrogens is 2. The smallest absolute Gasteiger partial charge is 0.124 e. The maximum absolute atomic E-state index is 6.19. The Kier molecular flexibility index (Phi) is 3.96. The lowest BCUT2D eigenvalue weighted by Crippen LogP contribution is -2.08. The van der Waals surface area contributed by atoms with E-state index in [9.17, 15) is 0 Å². The van der Waals surface area contributed by atoms with Crippen LogP contribution in [0.1, 0.15) is 18.7 Å². The molecule has 0 bridgehead atoms. The minimum Gasteiger partial charge on any atom is -0.381 e. The van der Waals surface area contributed by atoms with Gasteiger partial charge in [-0.2, -0.15) is 0 Å². The van der Waals surface area contributed by atoms with E-state index in [0.29, 0.717) is 16.8 Å². The molecule has 1 aliphatic rings. The summed E-state index contributed by atoms with van der Waals surface area (Å²) in [6.07, 6.45) is 2.26. The number of nitrogens with zero attached hydrogens (tertiary/aromatic N) is 2. The topological polar surface area (TPSA) is 27.1 Å². The van der Waals surface area contributed by atoms with Gasteiger partial charge in [0.1, 0.15) is 11.3 Å². The minimum absolute atomic E-state index is 0.409. The van der Waals surface area contributed by atoms with Gasteiger partial charge in [0, 0.05) is 19.8 Å². The number of benzene rings is 1. The van der Waals surface area contributed by atoms with E-state index in [2.05, 4.69) is 15.6 Å². The first-order chi connectivity index (χ1) is 9.29. The Balaban J connectivity index is 1.89. The lowest BCUT2D eigenvalue weighted by molar-refractivity contribution is 0.183. The molecule has 3 nitrogen and oxygen atoms in total. The van der Waals surface area contributed by atoms with Gasteiger partial charge in [-0.3, -0.25) is 0 Å². The summed E-state index contributed by atoms with van der Waals surface area (Å²) in [5.74, 6) is 1.95. The van der Waals surface area contributed by atoms with Crippen LogP contribution in [-0.2, 0) is 17.2 Å². The molecule has 2 aromatic rings. The van der Waals surface area contributed by atoms with Crippen molar-refractivity contribution < 1.29 is 4.74 Å². The maximum Gasteiger partial charge on any atom is 0.124 e. The van der Waals surface area contributed by atoms with Gasteiger partial charge >= 0.3 is 0 Å². The van der Waals surface area contributed by atoms with Gasteiger partial charge in [0.05, 0.1) is 16.4 Å². The second-order valence-electron chi connectivity index (χ2n) is 4.94. The van der Waals surface area contributed by atoms with E-state index in [1.807, 2.05) is 12.1 Å². The van der Waals surface area contributed by atoms with Crippen molar-refractivity contribution in [3.63, 3.8) is 0 Å². The predicted octanol–water partition coefficient (Wildman–Crippen LogP) is 3.86. The summed E-state index contributed by atoms with van der Waals surface area (Å²) in [5.41, 5.74) is 1.92. The van der Waals surface area contributed by atoms with Crippen molar-refractivity contribution in [1.29, 1.82) is 0 Å². The molecule has 0 amide bonds. The molecule has 0 saturated carbocycles. The van der Waals surface area contributed by atoms with E-state index in [1.165, 1.54) is 0 Å². The number of rotatable bonds is 4. The highest BCUT2D eigenvalue weighted by molar-refractivity contribution is 6.34. The molecule has 1 fully saturated rings. The van der Waals surface area contributed by atoms with Crippen molar-refractivity contribution in [2.75, 3.05) is 13.2 Å². The first kappa shape index (κ1) is 13.2. The van der Waals surface area contributed by atoms with Gasteiger partial charge in [-0.25, -0.2) is 4.98 Å². The van der Waals surface area contributed by atoms with Gasteiger partial charge in [0.15, 0.2) is 0 Å². The predicted molar refractivity (Wildman–Crippen MR) is 77.8 cm³/mol. The monoisotopic (exact) mass is 298 g/mol. The van der Waals surface area contributed by atoms with E-state index in [0.717, 1.165) is 49.5 Å². The van der Waals surface area contributed by atoms with Crippen molar-refractivity contribution in [2.24, 2.45) is 5.92 Å². The van der Waals surface area contributed by atoms with Gasteiger partial charge < -0.3 is 9.30 Å². The van der Waals surface area contributed by atoms with Crippen LogP contribution in [0.15, 0.2) is 18.2 Å². The first-order valence-corrected chi connectivity index (χ1v) is 7.48. The number of fused-ring (bicyclic) bond motifs is 1. The van der Waals surface area contributed by atoms with E-state index < -0.39 is 0 Å². The van der Waals surface area contributed by atoms with E-state index in [-0.39, 0.29) is 0 Å². The summed E-state index contributed by atoms with van der Waals surface area (Å²) in [7, 11) is 0. The van der Waals surface area contributed by atoms with Crippen LogP contribution in [0.4, 0.5) is 0 Å². The molecular weight excluding hydrogens is 283 g/mol. The standard InChI is InChI=1S/C14H16Cl2N2O/c15-8-13-17-14-11(16)2-1-3-12(14)18(13)6-4-10-5-7-19-9-10/h1-3,10H,4-9H2. The third-order valence-electron chi connectivity index (χ3n) is 3.71. The number of alkyl halides is 1. The molecule has 1 aliphatic heterocycles. The van der Waals surface area contributed by atoms with Gasteiger partial charge in [-0.1, -0.05) is 17.7 Å². The van der Waals surface area contributed by atoms with Crippen LogP contribution in [0.3, 0.4) is 0 Å². The van der Waals surface area contributed by atoms with Crippen LogP contribution in [0.2, 0.25) is 5.02 Å². The van der Waals surface area contributed by atoms with Crippen molar-refractivity contribution in [3.05, 3.63) is 29.0 Å². The molecule has 0 aliphatic carbocycles. The Labute approximate surface area is 122 Å². The number of hydrogen-bond acceptors (Lipinski definition) is 2. The largest absolute Gasteiger partial charge is 0.381 e. The zero-order chi connectivity index (χ0) is 13.2. The molecule has 1 aromatic carbocycles. The fraction of sp³-hybridized carbons (Fsp3) is 0.500. The Morgan fingerprint density at radius 2 is 2.32 bits per heavy atom. The Morgan fingerprint density at radius 1 is 1.42 bits per heavy atom. The Morgan fingerprint density at radius 3 is 3.05 bits per heavy atom. The summed E-state index contributed by atoms with van der Waals surface area (Å²) in [6.45, 7) is 2.69. The van der Waals surface area contributed by atoms with Crippen LogP contribution in [0, 0.1) is 5.92 Å². The van der Waals surface area contributed by atoms with Crippen molar-refractivity contribution >= 4 is 34.2 Å². The number of aryl methyl sites for hydroxylation is 1. The Hall–Kier alpha value is -0.770. The number of ether oxygens (including phenoxy) is 1. The van der Waals surface area contributed by atoms with Crippen LogP contribution >= 0.6 is 23.2 Å². The summed E-state index contributed by atoms with van der Waals surface area (Å²) < 4.78 is 7.61. The zero-order valence-electron chi connectivity index (χ0n) is 10.6. The average Bonchev–Trinajstić information content (AvgIpc) is 3.03. The highest BCUT2D eigenvalue weighted by Crippen LogP contribution is 2.26. The molecule has 1 aromatic heterocycles. The maximum atomic E-state index is 6.19. The normalized spacial score (nSPS) is 19.4. The summed E-state index contributed by atoms with van der Waals surface area (Å²) in [4.78, 5) is 4.54. The molecule has 19 heavy (non-hydrogen) atoms. The average molecular weight is 299 g/mol. The number of imidazole rings is 1. The van der Waals surface area contributed by atoms with Crippen LogP contribution in [-0.4, -0.2) is 22.8 Å². The SMILES string of the molecule is ClCc1nc2c(Cl)cccc2n1CCC1CCOC1. The highest BCUT2D eigenvalue weighted by atomic mass is 35.5. The molecule has 2 heterocycles. The molecule has 0 radical (unpaired) electrons. The fourth-order valence-corrected chi connectivity index (χ4v) is 3.05. The summed E-state index contributed by atoms with van der Waals surface area (Å²) >= 11 is 12.2. The minimum atomic E-state index is 0.409. The molecule has 1 atom stereocenters. The van der Waals surface area contributed by atoms with Gasteiger partial charge in [0.25, 0.3) is 0 Å². The van der Waals surface area contributed by atoms with Gasteiger partial charge in [0.2, 0.25) is 0 Å². The van der Waals surface area contributed by atoms with Crippen LogP contribution in [0.25, 0.3) is 11.0 Å². The molecule has 0 N–H and O–H groups in total. The second kappa shape index (κ2) is 5.70. The van der Waals surface area contributed by atoms with E-state index >= 15 is 0 Å². The van der Waals surface area contributed by atoms with Crippen molar-refractivity contribution in [3.8, 4) is 0 Å². The van der Waals surface area contributed by atoms with Crippen LogP contribution in [0.5, 0.6) is 0 Å². The van der Waals surface area contributed by atoms with Gasteiger partial charge in [-0.05, 0) is 30.9 Å². The third-order valence-corrected chi connectivity index (χ3v) is 4.26. The number of para-hydroxylation sites is 1. The Bertz CT molecular complexity index is 576. The second-order valence-corrected chi connectivity index (χ2v) is 5.61. The van der Waals surface area contributed by atoms with Crippen LogP contribution < -0.4 is 0 Å². The number of hydrogen-bond donors (Lipinski definition) is 0. The zero-order valence-corrected chi connectivity index (χ0v) is 12.1. The lowest BCUT2D eigenvalue weighted by Gasteiger charge is -2.11. The quantitative estimate of drug-likeness (QED) is 0.802. The third kappa shape index (κ3) is 2.60. The molecule has 3 rings (SSSR count). The highest BCUT2D eigenvalue weighted by Gasteiger charge is 2.17.